The van der Waals surface area contributed by atoms with Crippen molar-refractivity contribution in [2.45, 2.75) is 32.9 Å². The second-order valence-corrected chi connectivity index (χ2v) is 8.56. The highest BCUT2D eigenvalue weighted by molar-refractivity contribution is 6.03. The van der Waals surface area contributed by atoms with E-state index in [1.165, 1.54) is 6.07 Å². The number of hydrogen-bond donors (Lipinski definition) is 1. The van der Waals surface area contributed by atoms with Crippen molar-refractivity contribution < 1.29 is 23.0 Å². The molecule has 0 saturated carbocycles. The molecule has 1 aliphatic heterocycles. The summed E-state index contributed by atoms with van der Waals surface area (Å²) in [7, 11) is 3.36. The number of amides is 1. The molecule has 0 saturated heterocycles. The number of hydrogen-bond acceptors (Lipinski definition) is 5. The summed E-state index contributed by atoms with van der Waals surface area (Å²) in [6.07, 6.45) is 3.74. The zero-order chi connectivity index (χ0) is 24.9. The van der Waals surface area contributed by atoms with E-state index in [4.69, 9.17) is 9.47 Å². The van der Waals surface area contributed by atoms with Crippen molar-refractivity contribution in [3.63, 3.8) is 0 Å². The first-order valence-corrected chi connectivity index (χ1v) is 11.3. The molecule has 1 atom stereocenters. The Labute approximate surface area is 200 Å². The van der Waals surface area contributed by atoms with Crippen molar-refractivity contribution in [1.82, 2.24) is 24.9 Å². The molecule has 1 aliphatic rings. The molecule has 0 bridgehead atoms. The van der Waals surface area contributed by atoms with E-state index in [1.54, 1.807) is 25.0 Å². The lowest BCUT2D eigenvalue weighted by Crippen LogP contribution is -2.34. The van der Waals surface area contributed by atoms with E-state index in [0.717, 1.165) is 23.1 Å². The number of carbonyl (C=O) groups is 1. The van der Waals surface area contributed by atoms with Crippen LogP contribution in [-0.4, -0.2) is 45.7 Å². The van der Waals surface area contributed by atoms with Gasteiger partial charge < -0.3 is 14.8 Å². The molecule has 0 fully saturated rings. The lowest BCUT2D eigenvalue weighted by molar-refractivity contribution is -0.0502. The molecule has 0 aliphatic carbocycles. The number of carbonyl (C=O) groups excluding carboxylic acids is 1. The van der Waals surface area contributed by atoms with Gasteiger partial charge in [0.2, 0.25) is 0 Å². The fourth-order valence-electron chi connectivity index (χ4n) is 4.67. The van der Waals surface area contributed by atoms with Crippen LogP contribution in [0, 0.1) is 0 Å². The van der Waals surface area contributed by atoms with Crippen molar-refractivity contribution in [2.24, 2.45) is 7.05 Å². The molecule has 1 amide bonds. The second kappa shape index (κ2) is 8.68. The maximum absolute atomic E-state index is 13.3. The Kier molecular flexibility index (Phi) is 5.66. The standard InChI is InChI=1S/C25H25F2N5O3/c1-5-32-12-16(11-29-32)14-7-18-22(19(8-14)34-4)23(31(3)30-18)15-6-17-13(2)10-28-24(33)21(17)20(9-15)35-25(26)27/h6-9,11-13,25H,5,10H2,1-4H3,(H,28,33). The van der Waals surface area contributed by atoms with E-state index in [0.29, 0.717) is 34.6 Å². The number of methoxy groups -OCH3 is 1. The van der Waals surface area contributed by atoms with E-state index in [9.17, 15) is 13.6 Å². The van der Waals surface area contributed by atoms with E-state index >= 15 is 0 Å². The number of nitrogens with zero attached hydrogens (tertiary/aromatic N) is 4. The number of nitrogens with one attached hydrogen (secondary N) is 1. The molecule has 182 valence electrons. The summed E-state index contributed by atoms with van der Waals surface area (Å²) in [5.41, 5.74) is 4.58. The minimum Gasteiger partial charge on any atom is -0.496 e. The molecule has 10 heteroatoms. The Morgan fingerprint density at radius 3 is 2.63 bits per heavy atom. The van der Waals surface area contributed by atoms with Gasteiger partial charge in [-0.2, -0.15) is 19.0 Å². The Morgan fingerprint density at radius 1 is 1.17 bits per heavy atom. The van der Waals surface area contributed by atoms with Gasteiger partial charge in [-0.05, 0) is 48.2 Å². The summed E-state index contributed by atoms with van der Waals surface area (Å²) in [6.45, 7) is 2.04. The van der Waals surface area contributed by atoms with Crippen molar-refractivity contribution in [3.05, 3.63) is 47.8 Å². The Morgan fingerprint density at radius 2 is 1.94 bits per heavy atom. The number of rotatable bonds is 6. The van der Waals surface area contributed by atoms with E-state index < -0.39 is 12.5 Å². The summed E-state index contributed by atoms with van der Waals surface area (Å²) >= 11 is 0. The predicted octanol–water partition coefficient (Wildman–Crippen LogP) is 4.58. The minimum atomic E-state index is -3.07. The van der Waals surface area contributed by atoms with Gasteiger partial charge in [0.25, 0.3) is 5.91 Å². The first kappa shape index (κ1) is 22.8. The van der Waals surface area contributed by atoms with Crippen molar-refractivity contribution >= 4 is 16.8 Å². The van der Waals surface area contributed by atoms with Crippen LogP contribution in [0.2, 0.25) is 0 Å². The first-order valence-electron chi connectivity index (χ1n) is 11.3. The largest absolute Gasteiger partial charge is 0.496 e. The highest BCUT2D eigenvalue weighted by Crippen LogP contribution is 2.42. The maximum Gasteiger partial charge on any atom is 0.387 e. The topological polar surface area (TPSA) is 83.2 Å². The van der Waals surface area contributed by atoms with Gasteiger partial charge in [0.15, 0.2) is 0 Å². The van der Waals surface area contributed by atoms with Gasteiger partial charge in [-0.3, -0.25) is 14.2 Å². The molecule has 0 radical (unpaired) electrons. The average molecular weight is 482 g/mol. The zero-order valence-electron chi connectivity index (χ0n) is 19.8. The number of fused-ring (bicyclic) bond motifs is 2. The van der Waals surface area contributed by atoms with Crippen LogP contribution < -0.4 is 14.8 Å². The van der Waals surface area contributed by atoms with Gasteiger partial charge in [-0.25, -0.2) is 0 Å². The molecule has 35 heavy (non-hydrogen) atoms. The van der Waals surface area contributed by atoms with Crippen LogP contribution >= 0.6 is 0 Å². The molecular formula is C25H25F2N5O3. The van der Waals surface area contributed by atoms with Crippen LogP contribution in [0.1, 0.15) is 35.7 Å². The van der Waals surface area contributed by atoms with Crippen LogP contribution in [0.4, 0.5) is 8.78 Å². The molecule has 3 heterocycles. The molecule has 2 aromatic carbocycles. The quantitative estimate of drug-likeness (QED) is 0.436. The number of benzene rings is 2. The molecule has 1 unspecified atom stereocenters. The number of aromatic nitrogens is 4. The summed E-state index contributed by atoms with van der Waals surface area (Å²) in [6, 6.07) is 7.18. The van der Waals surface area contributed by atoms with Crippen LogP contribution in [0.5, 0.6) is 11.5 Å². The van der Waals surface area contributed by atoms with Crippen LogP contribution in [0.3, 0.4) is 0 Å². The Hall–Kier alpha value is -3.95. The third-order valence-corrected chi connectivity index (χ3v) is 6.36. The minimum absolute atomic E-state index is 0.0780. The number of aryl methyl sites for hydroxylation is 2. The fraction of sp³-hybridized carbons (Fsp3) is 0.320. The molecule has 0 spiro atoms. The average Bonchev–Trinajstić information content (AvgIpc) is 3.44. The van der Waals surface area contributed by atoms with Crippen LogP contribution in [0.15, 0.2) is 36.7 Å². The molecule has 2 aromatic heterocycles. The predicted molar refractivity (Wildman–Crippen MR) is 127 cm³/mol. The highest BCUT2D eigenvalue weighted by atomic mass is 19.3. The molecule has 8 nitrogen and oxygen atoms in total. The summed E-state index contributed by atoms with van der Waals surface area (Å²) < 4.78 is 40.6. The summed E-state index contributed by atoms with van der Waals surface area (Å²) in [5.74, 6) is -0.0751. The van der Waals surface area contributed by atoms with Crippen molar-refractivity contribution in [1.29, 1.82) is 0 Å². The lowest BCUT2D eigenvalue weighted by atomic mass is 9.88. The maximum atomic E-state index is 13.3. The van der Waals surface area contributed by atoms with E-state index in [1.807, 2.05) is 42.9 Å². The van der Waals surface area contributed by atoms with Gasteiger partial charge in [0.05, 0.1) is 35.5 Å². The number of ether oxygens (including phenoxy) is 2. The van der Waals surface area contributed by atoms with Gasteiger partial charge in [-0.1, -0.05) is 6.92 Å². The first-order chi connectivity index (χ1) is 16.8. The number of alkyl halides is 2. The fourth-order valence-corrected chi connectivity index (χ4v) is 4.67. The van der Waals surface area contributed by atoms with Crippen LogP contribution in [-0.2, 0) is 13.6 Å². The Balaban J connectivity index is 1.73. The van der Waals surface area contributed by atoms with Gasteiger partial charge in [0, 0.05) is 37.5 Å². The van der Waals surface area contributed by atoms with Crippen molar-refractivity contribution in [2.75, 3.05) is 13.7 Å². The van der Waals surface area contributed by atoms with Gasteiger partial charge in [-0.15, -0.1) is 0 Å². The van der Waals surface area contributed by atoms with E-state index in [-0.39, 0.29) is 17.2 Å². The normalized spacial score (nSPS) is 15.4. The number of halogens is 2. The van der Waals surface area contributed by atoms with Crippen LogP contribution in [0.25, 0.3) is 33.3 Å². The van der Waals surface area contributed by atoms with Crippen molar-refractivity contribution in [3.8, 4) is 33.9 Å². The third-order valence-electron chi connectivity index (χ3n) is 6.36. The monoisotopic (exact) mass is 481 g/mol. The van der Waals surface area contributed by atoms with E-state index in [2.05, 4.69) is 15.5 Å². The van der Waals surface area contributed by atoms with Gasteiger partial charge >= 0.3 is 6.61 Å². The lowest BCUT2D eigenvalue weighted by Gasteiger charge is -2.25. The molecular weight excluding hydrogens is 456 g/mol. The molecule has 4 aromatic rings. The zero-order valence-corrected chi connectivity index (χ0v) is 19.8. The SMILES string of the molecule is CCn1cc(-c2cc(OC)c3c(-c4cc(OC(F)F)c5c(c4)C(C)CNC5=O)n(C)nc3c2)cn1. The summed E-state index contributed by atoms with van der Waals surface area (Å²) in [5, 5.41) is 12.5. The molecule has 1 N–H and O–H groups in total. The van der Waals surface area contributed by atoms with Gasteiger partial charge in [0.1, 0.15) is 11.5 Å². The summed E-state index contributed by atoms with van der Waals surface area (Å²) in [4.78, 5) is 12.5. The second-order valence-electron chi connectivity index (χ2n) is 8.56. The molecule has 5 rings (SSSR count). The smallest absolute Gasteiger partial charge is 0.387 e. The Bertz CT molecular complexity index is 1440. The third kappa shape index (κ3) is 3.88. The highest BCUT2D eigenvalue weighted by Gasteiger charge is 2.30.